The van der Waals surface area contributed by atoms with Crippen LogP contribution in [0.2, 0.25) is 0 Å². The average molecular weight is 637 g/mol. The Morgan fingerprint density at radius 2 is 0.935 bits per heavy atom. The van der Waals surface area contributed by atoms with Crippen LogP contribution in [0.25, 0.3) is 0 Å². The van der Waals surface area contributed by atoms with Crippen LogP contribution < -0.4 is 31.9 Å². The van der Waals surface area contributed by atoms with Gasteiger partial charge >= 0.3 is 12.2 Å². The van der Waals surface area contributed by atoms with Crippen molar-refractivity contribution in [2.24, 2.45) is 0 Å². The first-order valence-electron chi connectivity index (χ1n) is 16.1. The average Bonchev–Trinajstić information content (AvgIpc) is 3.63. The summed E-state index contributed by atoms with van der Waals surface area (Å²) < 4.78 is 11.4. The summed E-state index contributed by atoms with van der Waals surface area (Å²) in [5, 5.41) is 4.37. The summed E-state index contributed by atoms with van der Waals surface area (Å²) in [5.74, 6) is 0. The van der Waals surface area contributed by atoms with Crippen LogP contribution in [-0.4, -0.2) is 108 Å². The van der Waals surface area contributed by atoms with Gasteiger partial charge in [0.15, 0.2) is 0 Å². The predicted molar refractivity (Wildman–Crippen MR) is 178 cm³/mol. The molecule has 14 heteroatoms. The monoisotopic (exact) mass is 636 g/mol. The Labute approximate surface area is 271 Å². The van der Waals surface area contributed by atoms with Crippen LogP contribution in [0.15, 0.2) is 48.5 Å². The van der Waals surface area contributed by atoms with Crippen LogP contribution in [-0.2, 0) is 9.47 Å². The molecule has 4 aliphatic rings. The number of hydrogen-bond acceptors (Lipinski definition) is 12. The number of rotatable bonds is 5. The number of hydrazine groups is 4. The highest BCUT2D eigenvalue weighted by Gasteiger charge is 2.46. The molecule has 0 aromatic heterocycles. The molecule has 0 bridgehead atoms. The van der Waals surface area contributed by atoms with E-state index in [0.717, 1.165) is 22.7 Å². The van der Waals surface area contributed by atoms with E-state index in [-0.39, 0.29) is 24.5 Å². The van der Waals surface area contributed by atoms with E-state index in [1.54, 1.807) is 9.80 Å². The zero-order chi connectivity index (χ0) is 32.6. The van der Waals surface area contributed by atoms with E-state index < -0.39 is 11.2 Å². The van der Waals surface area contributed by atoms with E-state index in [1.807, 2.05) is 65.8 Å². The summed E-state index contributed by atoms with van der Waals surface area (Å²) in [5.41, 5.74) is 16.5. The molecule has 2 amide bonds. The highest BCUT2D eigenvalue weighted by Crippen LogP contribution is 2.37. The van der Waals surface area contributed by atoms with Gasteiger partial charge in [0.2, 0.25) is 0 Å². The maximum Gasteiger partial charge on any atom is 0.410 e. The molecule has 4 heterocycles. The van der Waals surface area contributed by atoms with Gasteiger partial charge in [-0.25, -0.2) is 9.59 Å². The van der Waals surface area contributed by atoms with Gasteiger partial charge in [-0.05, 0) is 65.8 Å². The van der Waals surface area contributed by atoms with Gasteiger partial charge in [0, 0.05) is 52.4 Å². The van der Waals surface area contributed by atoms with Gasteiger partial charge in [-0.3, -0.25) is 19.8 Å². The first kappa shape index (κ1) is 32.0. The number of para-hydroxylation sites is 4. The van der Waals surface area contributed by atoms with Gasteiger partial charge in [0.05, 0.1) is 22.7 Å². The molecule has 2 aromatic rings. The molecular formula is C32H48N10O4. The normalized spacial score (nSPS) is 20.4. The lowest BCUT2D eigenvalue weighted by molar-refractivity contribution is -0.0142. The lowest BCUT2D eigenvalue weighted by atomic mass is 10.1. The third-order valence-corrected chi connectivity index (χ3v) is 8.43. The van der Waals surface area contributed by atoms with Gasteiger partial charge in [0.1, 0.15) is 23.5 Å². The van der Waals surface area contributed by atoms with Crippen molar-refractivity contribution in [3.05, 3.63) is 48.5 Å². The number of anilines is 4. The van der Waals surface area contributed by atoms with Crippen molar-refractivity contribution in [2.75, 3.05) is 73.2 Å². The summed E-state index contributed by atoms with van der Waals surface area (Å²) in [4.78, 5) is 34.4. The molecule has 2 unspecified atom stereocenters. The Bertz CT molecular complexity index is 1290. The van der Waals surface area contributed by atoms with Crippen LogP contribution in [0.3, 0.4) is 0 Å². The van der Waals surface area contributed by atoms with Crippen molar-refractivity contribution < 1.29 is 19.1 Å². The lowest BCUT2D eigenvalue weighted by Gasteiger charge is -2.52. The van der Waals surface area contributed by atoms with Crippen molar-refractivity contribution in [2.45, 2.75) is 65.1 Å². The van der Waals surface area contributed by atoms with Crippen LogP contribution in [0.1, 0.15) is 41.5 Å². The Hall–Kier alpha value is -3.98. The molecule has 4 N–H and O–H groups in total. The molecule has 0 spiro atoms. The SMILES string of the molecule is CC(C)(C)OC(=O)N1CCN(C(C(N2CCN(C(=O)OC(C)(C)C)CC2)N2NNc3ccccc32)N2NNc3ccccc32)CC1. The van der Waals surface area contributed by atoms with Gasteiger partial charge in [0.25, 0.3) is 0 Å². The van der Waals surface area contributed by atoms with Crippen LogP contribution in [0.4, 0.5) is 32.3 Å². The number of fused-ring (bicyclic) bond motifs is 2. The number of hydrogen-bond donors (Lipinski definition) is 4. The van der Waals surface area contributed by atoms with Gasteiger partial charge in [-0.1, -0.05) is 24.3 Å². The van der Waals surface area contributed by atoms with Crippen molar-refractivity contribution in [1.29, 1.82) is 0 Å². The molecule has 0 saturated carbocycles. The molecule has 46 heavy (non-hydrogen) atoms. The highest BCUT2D eigenvalue weighted by atomic mass is 16.6. The number of carbonyl (C=O) groups excluding carboxylic acids is 2. The molecule has 0 radical (unpaired) electrons. The van der Waals surface area contributed by atoms with Crippen molar-refractivity contribution in [3.63, 3.8) is 0 Å². The number of amides is 2. The fourth-order valence-corrected chi connectivity index (χ4v) is 6.32. The topological polar surface area (TPSA) is 120 Å². The molecular weight excluding hydrogens is 588 g/mol. The lowest BCUT2D eigenvalue weighted by Crippen LogP contribution is -2.73. The van der Waals surface area contributed by atoms with Gasteiger partial charge < -0.3 is 30.1 Å². The molecule has 6 rings (SSSR count). The number of piperazine rings is 2. The van der Waals surface area contributed by atoms with Gasteiger partial charge in [-0.2, -0.15) is 0 Å². The molecule has 250 valence electrons. The van der Waals surface area contributed by atoms with Crippen LogP contribution in [0.5, 0.6) is 0 Å². The second-order valence-electron chi connectivity index (χ2n) is 14.1. The minimum absolute atomic E-state index is 0.231. The molecule has 2 saturated heterocycles. The molecule has 14 nitrogen and oxygen atoms in total. The van der Waals surface area contributed by atoms with Crippen molar-refractivity contribution >= 4 is 34.9 Å². The Morgan fingerprint density at radius 3 is 1.28 bits per heavy atom. The second-order valence-corrected chi connectivity index (χ2v) is 14.1. The number of benzene rings is 2. The first-order chi connectivity index (χ1) is 21.9. The van der Waals surface area contributed by atoms with Crippen LogP contribution in [0, 0.1) is 0 Å². The van der Waals surface area contributed by atoms with E-state index in [2.05, 4.69) is 66.0 Å². The summed E-state index contributed by atoms with van der Waals surface area (Å²) >= 11 is 0. The maximum absolute atomic E-state index is 13.0. The number of ether oxygens (including phenoxy) is 2. The number of nitrogens with zero attached hydrogens (tertiary/aromatic N) is 6. The number of nitrogens with one attached hydrogen (secondary N) is 4. The fraction of sp³-hybridized carbons (Fsp3) is 0.562. The zero-order valence-electron chi connectivity index (χ0n) is 27.7. The van der Waals surface area contributed by atoms with E-state index in [9.17, 15) is 9.59 Å². The molecule has 2 atom stereocenters. The Balaban J connectivity index is 1.32. The summed E-state index contributed by atoms with van der Waals surface area (Å²) in [6, 6.07) is 16.4. The minimum atomic E-state index is -0.556. The minimum Gasteiger partial charge on any atom is -0.444 e. The molecule has 2 fully saturated rings. The number of carbonyl (C=O) groups is 2. The summed E-state index contributed by atoms with van der Waals surface area (Å²) in [7, 11) is 0. The summed E-state index contributed by atoms with van der Waals surface area (Å²) in [6.45, 7) is 16.1. The van der Waals surface area contributed by atoms with Crippen molar-refractivity contribution in [1.82, 2.24) is 30.7 Å². The predicted octanol–water partition coefficient (Wildman–Crippen LogP) is 3.45. The third-order valence-electron chi connectivity index (χ3n) is 8.43. The maximum atomic E-state index is 13.0. The third kappa shape index (κ3) is 6.89. The van der Waals surface area contributed by atoms with E-state index in [0.29, 0.717) is 52.4 Å². The first-order valence-corrected chi connectivity index (χ1v) is 16.1. The molecule has 4 aliphatic heterocycles. The zero-order valence-corrected chi connectivity index (χ0v) is 27.7. The largest absolute Gasteiger partial charge is 0.444 e. The van der Waals surface area contributed by atoms with Crippen LogP contribution >= 0.6 is 0 Å². The van der Waals surface area contributed by atoms with E-state index in [1.165, 1.54) is 0 Å². The highest BCUT2D eigenvalue weighted by molar-refractivity contribution is 5.75. The summed E-state index contributed by atoms with van der Waals surface area (Å²) in [6.07, 6.45) is -1.04. The van der Waals surface area contributed by atoms with E-state index in [4.69, 9.17) is 9.47 Å². The van der Waals surface area contributed by atoms with Gasteiger partial charge in [-0.15, -0.1) is 11.1 Å². The Morgan fingerprint density at radius 1 is 0.587 bits per heavy atom. The molecule has 0 aliphatic carbocycles. The van der Waals surface area contributed by atoms with Crippen molar-refractivity contribution in [3.8, 4) is 0 Å². The Kier molecular flexibility index (Phi) is 8.81. The standard InChI is InChI=1S/C32H48N10O4/c1-31(2,3)45-29(43)39-19-15-37(16-20-39)27(41-25-13-9-7-11-23(25)33-35-41)28(42-26-14-10-8-12-24(26)34-36-42)38-17-21-40(22-18-38)30(44)46-32(4,5)6/h7-14,27-28,33-36H,15-22H2,1-6H3. The molecule has 2 aromatic carbocycles. The van der Waals surface area contributed by atoms with E-state index >= 15 is 0 Å². The smallest absolute Gasteiger partial charge is 0.410 e. The fourth-order valence-electron chi connectivity index (χ4n) is 6.32. The quantitative estimate of drug-likeness (QED) is 0.385. The second kappa shape index (κ2) is 12.7.